The molecule has 45 heavy (non-hydrogen) atoms. The number of nitriles is 1. The van der Waals surface area contributed by atoms with Crippen molar-refractivity contribution in [3.63, 3.8) is 0 Å². The summed E-state index contributed by atoms with van der Waals surface area (Å²) in [7, 11) is 1.88. The van der Waals surface area contributed by atoms with Crippen LogP contribution >= 0.6 is 0 Å². The summed E-state index contributed by atoms with van der Waals surface area (Å²) in [6.07, 6.45) is 11.3. The van der Waals surface area contributed by atoms with E-state index in [1.165, 1.54) is 0 Å². The van der Waals surface area contributed by atoms with E-state index in [4.69, 9.17) is 9.72 Å². The van der Waals surface area contributed by atoms with Crippen LogP contribution in [0.2, 0.25) is 0 Å². The van der Waals surface area contributed by atoms with Gasteiger partial charge < -0.3 is 20.7 Å². The molecule has 1 saturated carbocycles. The van der Waals surface area contributed by atoms with Gasteiger partial charge in [0.15, 0.2) is 0 Å². The molecule has 3 N–H and O–H groups in total. The summed E-state index contributed by atoms with van der Waals surface area (Å²) in [4.78, 5) is 29.2. The molecule has 1 atom stereocenters. The number of ether oxygens (including phenoxy) is 1. The van der Waals surface area contributed by atoms with E-state index in [2.05, 4.69) is 37.1 Å². The Hall–Kier alpha value is -5.02. The molecule has 232 valence electrons. The van der Waals surface area contributed by atoms with Gasteiger partial charge in [-0.05, 0) is 49.8 Å². The van der Waals surface area contributed by atoms with Gasteiger partial charge in [0.25, 0.3) is 0 Å². The third-order valence-corrected chi connectivity index (χ3v) is 8.42. The Labute approximate surface area is 262 Å². The molecule has 1 aliphatic heterocycles. The van der Waals surface area contributed by atoms with Crippen molar-refractivity contribution < 1.29 is 9.53 Å². The highest BCUT2D eigenvalue weighted by molar-refractivity contribution is 5.91. The lowest BCUT2D eigenvalue weighted by Gasteiger charge is -2.36. The van der Waals surface area contributed by atoms with Crippen LogP contribution < -0.4 is 20.9 Å². The average molecular weight is 607 g/mol. The number of pyridine rings is 1. The van der Waals surface area contributed by atoms with Gasteiger partial charge in [0.2, 0.25) is 5.95 Å². The summed E-state index contributed by atoms with van der Waals surface area (Å²) in [5, 5.41) is 23.7. The molecular formula is C33H38N10O2. The van der Waals surface area contributed by atoms with Crippen LogP contribution in [0.3, 0.4) is 0 Å². The number of carbonyl (C=O) groups is 1. The lowest BCUT2D eigenvalue weighted by Crippen LogP contribution is -2.49. The Morgan fingerprint density at radius 2 is 1.89 bits per heavy atom. The van der Waals surface area contributed by atoms with E-state index < -0.39 is 0 Å². The highest BCUT2D eigenvalue weighted by Gasteiger charge is 2.31. The van der Waals surface area contributed by atoms with Crippen LogP contribution in [0.15, 0.2) is 67.3 Å². The number of aryl methyl sites for hydroxylation is 1. The molecule has 4 heterocycles. The fourth-order valence-electron chi connectivity index (χ4n) is 5.90. The third kappa shape index (κ3) is 7.56. The van der Waals surface area contributed by atoms with E-state index in [1.807, 2.05) is 55.7 Å². The first-order valence-electron chi connectivity index (χ1n) is 15.5. The SMILES string of the molecule is Cn1cc(-c2ccc(N(C(=O)NCc3ccccc3)[C@H]3CC[C@H](Nc4ncc(C#N)c(NCC5CCOC5)n4)CC3)nc2)cn1. The van der Waals surface area contributed by atoms with Crippen molar-refractivity contribution in [3.8, 4) is 17.2 Å². The molecule has 6 rings (SSSR count). The van der Waals surface area contributed by atoms with Gasteiger partial charge in [-0.1, -0.05) is 30.3 Å². The van der Waals surface area contributed by atoms with Gasteiger partial charge in [-0.3, -0.25) is 9.58 Å². The highest BCUT2D eigenvalue weighted by Crippen LogP contribution is 2.30. The molecule has 4 aromatic rings. The van der Waals surface area contributed by atoms with E-state index in [0.29, 0.717) is 42.2 Å². The van der Waals surface area contributed by atoms with E-state index in [-0.39, 0.29) is 18.1 Å². The fraction of sp³-hybridized carbons (Fsp3) is 0.394. The van der Waals surface area contributed by atoms with Gasteiger partial charge in [-0.15, -0.1) is 0 Å². The average Bonchev–Trinajstić information content (AvgIpc) is 3.77. The maximum absolute atomic E-state index is 13.7. The van der Waals surface area contributed by atoms with Gasteiger partial charge >= 0.3 is 6.03 Å². The van der Waals surface area contributed by atoms with E-state index in [9.17, 15) is 10.1 Å². The monoisotopic (exact) mass is 606 g/mol. The van der Waals surface area contributed by atoms with Crippen LogP contribution in [-0.4, -0.2) is 62.6 Å². The maximum atomic E-state index is 13.7. The Morgan fingerprint density at radius 3 is 2.58 bits per heavy atom. The van der Waals surface area contributed by atoms with Crippen LogP contribution in [0.4, 0.5) is 22.4 Å². The Kier molecular flexibility index (Phi) is 9.46. The number of rotatable bonds is 10. The zero-order valence-corrected chi connectivity index (χ0v) is 25.4. The molecule has 2 fully saturated rings. The van der Waals surface area contributed by atoms with E-state index in [1.54, 1.807) is 28.2 Å². The molecule has 1 unspecified atom stereocenters. The van der Waals surface area contributed by atoms with Gasteiger partial charge in [0.1, 0.15) is 23.3 Å². The molecule has 0 radical (unpaired) electrons. The minimum absolute atomic E-state index is 0.0247. The number of anilines is 3. The van der Waals surface area contributed by atoms with Gasteiger partial charge in [0.05, 0.1) is 19.0 Å². The summed E-state index contributed by atoms with van der Waals surface area (Å²) >= 11 is 0. The smallest absolute Gasteiger partial charge is 0.323 e. The number of amides is 2. The minimum atomic E-state index is -0.171. The van der Waals surface area contributed by atoms with Crippen molar-refractivity contribution in [2.24, 2.45) is 13.0 Å². The Balaban J connectivity index is 1.12. The quantitative estimate of drug-likeness (QED) is 0.233. The van der Waals surface area contributed by atoms with Crippen molar-refractivity contribution in [1.29, 1.82) is 5.26 Å². The first-order chi connectivity index (χ1) is 22.1. The topological polar surface area (TPSA) is 146 Å². The maximum Gasteiger partial charge on any atom is 0.323 e. The summed E-state index contributed by atoms with van der Waals surface area (Å²) in [5.41, 5.74) is 3.37. The van der Waals surface area contributed by atoms with Crippen LogP contribution in [-0.2, 0) is 18.3 Å². The van der Waals surface area contributed by atoms with Crippen molar-refractivity contribution >= 4 is 23.6 Å². The largest absolute Gasteiger partial charge is 0.381 e. The molecule has 12 heteroatoms. The first kappa shape index (κ1) is 30.0. The number of nitrogens with zero attached hydrogens (tertiary/aromatic N) is 7. The molecule has 0 spiro atoms. The normalized spacial score (nSPS) is 19.4. The van der Waals surface area contributed by atoms with Crippen molar-refractivity contribution in [2.45, 2.75) is 50.7 Å². The number of hydrogen-bond donors (Lipinski definition) is 3. The Bertz CT molecular complexity index is 1600. The summed E-state index contributed by atoms with van der Waals surface area (Å²) in [6, 6.07) is 15.9. The first-order valence-corrected chi connectivity index (χ1v) is 15.5. The zero-order chi connectivity index (χ0) is 31.0. The van der Waals surface area contributed by atoms with Gasteiger partial charge in [-0.25, -0.2) is 14.8 Å². The predicted octanol–water partition coefficient (Wildman–Crippen LogP) is 4.73. The molecule has 3 aromatic heterocycles. The van der Waals surface area contributed by atoms with Crippen molar-refractivity contribution in [3.05, 3.63) is 78.4 Å². The lowest BCUT2D eigenvalue weighted by molar-refractivity contribution is 0.187. The van der Waals surface area contributed by atoms with Gasteiger partial charge in [-0.2, -0.15) is 15.3 Å². The van der Waals surface area contributed by atoms with Crippen molar-refractivity contribution in [1.82, 2.24) is 30.0 Å². The minimum Gasteiger partial charge on any atom is -0.381 e. The van der Waals surface area contributed by atoms with E-state index >= 15 is 0 Å². The summed E-state index contributed by atoms with van der Waals surface area (Å²) in [6.45, 7) is 2.63. The zero-order valence-electron chi connectivity index (χ0n) is 25.4. The summed E-state index contributed by atoms with van der Waals surface area (Å²) < 4.78 is 7.22. The third-order valence-electron chi connectivity index (χ3n) is 8.42. The van der Waals surface area contributed by atoms with Crippen LogP contribution in [0, 0.1) is 17.2 Å². The predicted molar refractivity (Wildman–Crippen MR) is 171 cm³/mol. The highest BCUT2D eigenvalue weighted by atomic mass is 16.5. The number of urea groups is 1. The molecule has 1 aromatic carbocycles. The number of benzene rings is 1. The summed E-state index contributed by atoms with van der Waals surface area (Å²) in [5.74, 6) is 2.06. The second-order valence-electron chi connectivity index (χ2n) is 11.7. The number of nitrogens with one attached hydrogen (secondary N) is 3. The molecule has 12 nitrogen and oxygen atoms in total. The van der Waals surface area contributed by atoms with Crippen LogP contribution in [0.5, 0.6) is 0 Å². The molecule has 1 saturated heterocycles. The second-order valence-corrected chi connectivity index (χ2v) is 11.7. The number of carbonyl (C=O) groups excluding carboxylic acids is 1. The second kappa shape index (κ2) is 14.2. The van der Waals surface area contributed by atoms with Crippen LogP contribution in [0.25, 0.3) is 11.1 Å². The lowest BCUT2D eigenvalue weighted by atomic mass is 9.90. The molecule has 2 aliphatic rings. The van der Waals surface area contributed by atoms with Gasteiger partial charge in [0, 0.05) is 68.3 Å². The molecule has 0 bridgehead atoms. The standard InChI is InChI=1S/C33H38N10O2/c1-42-21-27(20-39-42)25-7-12-30(35-18-25)43(33(44)38-16-23-5-3-2-4-6-23)29-10-8-28(9-11-29)40-32-37-19-26(15-34)31(41-32)36-17-24-13-14-45-22-24/h2-7,12,18-21,24,28-29H,8-11,13-14,16-17,22H2,1H3,(H,38,44)(H2,36,37,40,41)/t24?,28-,29-. The van der Waals surface area contributed by atoms with E-state index in [0.717, 1.165) is 62.0 Å². The fourth-order valence-corrected chi connectivity index (χ4v) is 5.90. The number of aromatic nitrogens is 5. The molecular weight excluding hydrogens is 568 g/mol. The van der Waals surface area contributed by atoms with Crippen molar-refractivity contribution in [2.75, 3.05) is 35.3 Å². The molecule has 2 amide bonds. The Morgan fingerprint density at radius 1 is 1.04 bits per heavy atom. The molecule has 1 aliphatic carbocycles. The van der Waals surface area contributed by atoms with Crippen LogP contribution in [0.1, 0.15) is 43.2 Å². The number of hydrogen-bond acceptors (Lipinski definition) is 9.